The van der Waals surface area contributed by atoms with E-state index in [4.69, 9.17) is 0 Å². The number of nitro groups is 1. The first-order chi connectivity index (χ1) is 11.2. The average Bonchev–Trinajstić information content (AvgIpc) is 2.62. The van der Waals surface area contributed by atoms with Crippen LogP contribution in [0.2, 0.25) is 0 Å². The molecule has 0 bridgehead atoms. The second kappa shape index (κ2) is 6.43. The highest BCUT2D eigenvalue weighted by atomic mass is 16.6. The standard InChI is InChI=1S/C16H16N4O3/c21-16(13-5-1-2-6-14(13)20(22)23)19-11-9-18(10-12-19)15-7-3-4-8-17-15/h1-8H,9-12H2. The Balaban J connectivity index is 1.71. The summed E-state index contributed by atoms with van der Waals surface area (Å²) in [6, 6.07) is 11.8. The molecule has 2 aromatic rings. The molecule has 0 saturated carbocycles. The van der Waals surface area contributed by atoms with E-state index in [-0.39, 0.29) is 17.2 Å². The minimum Gasteiger partial charge on any atom is -0.353 e. The number of para-hydroxylation sites is 1. The van der Waals surface area contributed by atoms with Gasteiger partial charge in [-0.15, -0.1) is 0 Å². The van der Waals surface area contributed by atoms with Gasteiger partial charge in [0, 0.05) is 38.4 Å². The number of piperazine rings is 1. The Hall–Kier alpha value is -2.96. The van der Waals surface area contributed by atoms with Crippen LogP contribution >= 0.6 is 0 Å². The van der Waals surface area contributed by atoms with Gasteiger partial charge >= 0.3 is 0 Å². The van der Waals surface area contributed by atoms with Crippen LogP contribution in [0.25, 0.3) is 0 Å². The number of carbonyl (C=O) groups excluding carboxylic acids is 1. The van der Waals surface area contributed by atoms with E-state index in [0.29, 0.717) is 26.2 Å². The molecule has 1 aromatic heterocycles. The molecule has 1 aliphatic heterocycles. The van der Waals surface area contributed by atoms with E-state index in [1.165, 1.54) is 12.1 Å². The molecule has 1 aliphatic rings. The molecule has 0 unspecified atom stereocenters. The van der Waals surface area contributed by atoms with Crippen molar-refractivity contribution in [2.45, 2.75) is 0 Å². The summed E-state index contributed by atoms with van der Waals surface area (Å²) in [5, 5.41) is 11.1. The Bertz CT molecular complexity index is 712. The molecule has 7 nitrogen and oxygen atoms in total. The molecule has 0 aliphatic carbocycles. The molecular weight excluding hydrogens is 296 g/mol. The molecule has 3 rings (SSSR count). The number of nitrogens with zero attached hydrogens (tertiary/aromatic N) is 4. The van der Waals surface area contributed by atoms with Crippen LogP contribution < -0.4 is 4.90 Å². The lowest BCUT2D eigenvalue weighted by Gasteiger charge is -2.35. The van der Waals surface area contributed by atoms with Crippen LogP contribution in [0, 0.1) is 10.1 Å². The highest BCUT2D eigenvalue weighted by Gasteiger charge is 2.27. The van der Waals surface area contributed by atoms with Crippen molar-refractivity contribution >= 4 is 17.4 Å². The lowest BCUT2D eigenvalue weighted by molar-refractivity contribution is -0.385. The van der Waals surface area contributed by atoms with Gasteiger partial charge < -0.3 is 9.80 Å². The largest absolute Gasteiger partial charge is 0.353 e. The van der Waals surface area contributed by atoms with E-state index in [9.17, 15) is 14.9 Å². The molecule has 1 amide bonds. The number of benzene rings is 1. The molecule has 0 atom stereocenters. The minimum absolute atomic E-state index is 0.142. The molecule has 0 spiro atoms. The van der Waals surface area contributed by atoms with Gasteiger partial charge in [-0.1, -0.05) is 18.2 Å². The zero-order valence-electron chi connectivity index (χ0n) is 12.5. The van der Waals surface area contributed by atoms with Gasteiger partial charge in [-0.2, -0.15) is 0 Å². The van der Waals surface area contributed by atoms with Crippen molar-refractivity contribution in [3.05, 3.63) is 64.3 Å². The van der Waals surface area contributed by atoms with Gasteiger partial charge in [0.25, 0.3) is 11.6 Å². The molecule has 1 aromatic carbocycles. The Morgan fingerprint density at radius 2 is 1.74 bits per heavy atom. The molecule has 1 saturated heterocycles. The third-order valence-electron chi connectivity index (χ3n) is 3.87. The summed E-state index contributed by atoms with van der Waals surface area (Å²) in [5.74, 6) is 0.586. The van der Waals surface area contributed by atoms with Crippen LogP contribution in [0.3, 0.4) is 0 Å². The van der Waals surface area contributed by atoms with Crippen LogP contribution in [0.15, 0.2) is 48.7 Å². The SMILES string of the molecule is O=C(c1ccccc1[N+](=O)[O-])N1CCN(c2ccccn2)CC1. The number of hydrogen-bond acceptors (Lipinski definition) is 5. The molecule has 0 N–H and O–H groups in total. The van der Waals surface area contributed by atoms with Crippen LogP contribution in [-0.4, -0.2) is 46.9 Å². The fourth-order valence-corrected chi connectivity index (χ4v) is 2.66. The van der Waals surface area contributed by atoms with Crippen molar-refractivity contribution in [3.63, 3.8) is 0 Å². The monoisotopic (exact) mass is 312 g/mol. The highest BCUT2D eigenvalue weighted by Crippen LogP contribution is 2.21. The summed E-state index contributed by atoms with van der Waals surface area (Å²) in [6.07, 6.45) is 1.74. The highest BCUT2D eigenvalue weighted by molar-refractivity contribution is 5.98. The molecule has 23 heavy (non-hydrogen) atoms. The zero-order chi connectivity index (χ0) is 16.2. The van der Waals surface area contributed by atoms with Gasteiger partial charge in [-0.05, 0) is 18.2 Å². The number of pyridine rings is 1. The fraction of sp³-hybridized carbons (Fsp3) is 0.250. The Morgan fingerprint density at radius 1 is 1.04 bits per heavy atom. The maximum atomic E-state index is 12.6. The van der Waals surface area contributed by atoms with Crippen LogP contribution in [0.4, 0.5) is 11.5 Å². The van der Waals surface area contributed by atoms with Crippen molar-refractivity contribution in [2.75, 3.05) is 31.1 Å². The summed E-state index contributed by atoms with van der Waals surface area (Å²) in [5.41, 5.74) is -0.00607. The van der Waals surface area contributed by atoms with E-state index in [0.717, 1.165) is 5.82 Å². The number of nitro benzene ring substituents is 1. The minimum atomic E-state index is -0.516. The van der Waals surface area contributed by atoms with Crippen molar-refractivity contribution in [1.82, 2.24) is 9.88 Å². The molecule has 7 heteroatoms. The summed E-state index contributed by atoms with van der Waals surface area (Å²) in [4.78, 5) is 31.2. The summed E-state index contributed by atoms with van der Waals surface area (Å²) < 4.78 is 0. The third-order valence-corrected chi connectivity index (χ3v) is 3.87. The second-order valence-electron chi connectivity index (χ2n) is 5.24. The molecular formula is C16H16N4O3. The van der Waals surface area contributed by atoms with Crippen molar-refractivity contribution < 1.29 is 9.72 Å². The van der Waals surface area contributed by atoms with Gasteiger partial charge in [0.15, 0.2) is 0 Å². The predicted molar refractivity (Wildman–Crippen MR) is 85.4 cm³/mol. The summed E-state index contributed by atoms with van der Waals surface area (Å²) in [6.45, 7) is 2.34. The number of anilines is 1. The van der Waals surface area contributed by atoms with Gasteiger partial charge in [0.2, 0.25) is 0 Å². The first-order valence-corrected chi connectivity index (χ1v) is 7.35. The Kier molecular flexibility index (Phi) is 4.18. The van der Waals surface area contributed by atoms with Crippen molar-refractivity contribution in [2.24, 2.45) is 0 Å². The van der Waals surface area contributed by atoms with Crippen LogP contribution in [0.5, 0.6) is 0 Å². The molecule has 2 heterocycles. The smallest absolute Gasteiger partial charge is 0.282 e. The van der Waals surface area contributed by atoms with Gasteiger partial charge in [-0.25, -0.2) is 4.98 Å². The summed E-state index contributed by atoms with van der Waals surface area (Å²) in [7, 11) is 0. The van der Waals surface area contributed by atoms with Gasteiger partial charge in [0.05, 0.1) is 4.92 Å². The Labute approximate surface area is 133 Å². The lowest BCUT2D eigenvalue weighted by atomic mass is 10.1. The Morgan fingerprint density at radius 3 is 2.39 bits per heavy atom. The number of hydrogen-bond donors (Lipinski definition) is 0. The first-order valence-electron chi connectivity index (χ1n) is 7.35. The van der Waals surface area contributed by atoms with Gasteiger partial charge in [0.1, 0.15) is 11.4 Å². The fourth-order valence-electron chi connectivity index (χ4n) is 2.66. The maximum Gasteiger partial charge on any atom is 0.282 e. The lowest BCUT2D eigenvalue weighted by Crippen LogP contribution is -2.49. The average molecular weight is 312 g/mol. The van der Waals surface area contributed by atoms with E-state index < -0.39 is 4.92 Å². The number of aromatic nitrogens is 1. The predicted octanol–water partition coefficient (Wildman–Crippen LogP) is 1.95. The topological polar surface area (TPSA) is 79.6 Å². The first kappa shape index (κ1) is 15.0. The zero-order valence-corrected chi connectivity index (χ0v) is 12.5. The number of amides is 1. The molecule has 118 valence electrons. The number of rotatable bonds is 3. The second-order valence-corrected chi connectivity index (χ2v) is 5.24. The van der Waals surface area contributed by atoms with E-state index in [1.807, 2.05) is 18.2 Å². The number of carbonyl (C=O) groups is 1. The summed E-state index contributed by atoms with van der Waals surface area (Å²) >= 11 is 0. The quantitative estimate of drug-likeness (QED) is 0.639. The maximum absolute atomic E-state index is 12.6. The van der Waals surface area contributed by atoms with E-state index in [2.05, 4.69) is 9.88 Å². The van der Waals surface area contributed by atoms with E-state index in [1.54, 1.807) is 23.2 Å². The molecule has 1 fully saturated rings. The van der Waals surface area contributed by atoms with Crippen LogP contribution in [-0.2, 0) is 0 Å². The van der Waals surface area contributed by atoms with E-state index >= 15 is 0 Å². The van der Waals surface area contributed by atoms with Crippen molar-refractivity contribution in [3.8, 4) is 0 Å². The third kappa shape index (κ3) is 3.13. The molecule has 0 radical (unpaired) electrons. The van der Waals surface area contributed by atoms with Crippen molar-refractivity contribution in [1.29, 1.82) is 0 Å². The normalized spacial score (nSPS) is 14.6. The van der Waals surface area contributed by atoms with Gasteiger partial charge in [-0.3, -0.25) is 14.9 Å². The van der Waals surface area contributed by atoms with Crippen LogP contribution in [0.1, 0.15) is 10.4 Å².